The van der Waals surface area contributed by atoms with Crippen molar-refractivity contribution >= 4 is 106 Å². The van der Waals surface area contributed by atoms with Crippen LogP contribution in [0.5, 0.6) is 0 Å². The fraction of sp³-hybridized carbons (Fsp3) is 0. The monoisotopic (exact) mass is 797 g/mol. The Labute approximate surface area is 352 Å². The maximum atomic E-state index is 5.35. The maximum absolute atomic E-state index is 5.35. The van der Waals surface area contributed by atoms with Crippen LogP contribution in [-0.2, 0) is 0 Å². The molecular formula is C55H31N3S2. The lowest BCUT2D eigenvalue weighted by Gasteiger charge is -2.15. The second kappa shape index (κ2) is 13.1. The summed E-state index contributed by atoms with van der Waals surface area (Å²) in [4.78, 5) is 15.8. The second-order valence-electron chi connectivity index (χ2n) is 15.5. The standard InChI is InChI=1S/C55H31N3S2/c1-2-14-33(15-3-1)53-56-54(58-55(57-53)43-24-12-26-47-50(43)42-19-8-9-25-46(42)59-47)41-23-11-20-38-39(41)21-10-22-40(38)44-30-36-28-27-32-13-6-7-18-37(32)49(36)52-51(44)45-29-34-16-4-5-17-35(34)31-48(45)60-52/h1-31H. The lowest BCUT2D eigenvalue weighted by atomic mass is 9.89. The van der Waals surface area contributed by atoms with Crippen molar-refractivity contribution in [3.05, 3.63) is 188 Å². The molecule has 0 unspecified atom stereocenters. The minimum absolute atomic E-state index is 0.653. The first-order valence-corrected chi connectivity index (χ1v) is 21.8. The van der Waals surface area contributed by atoms with Crippen LogP contribution < -0.4 is 0 Å². The fourth-order valence-electron chi connectivity index (χ4n) is 9.36. The van der Waals surface area contributed by atoms with E-state index in [9.17, 15) is 0 Å². The third-order valence-electron chi connectivity index (χ3n) is 12.1. The Morgan fingerprint density at radius 3 is 1.73 bits per heavy atom. The molecule has 3 heterocycles. The van der Waals surface area contributed by atoms with E-state index < -0.39 is 0 Å². The Hall–Kier alpha value is -7.31. The molecule has 0 atom stereocenters. The highest BCUT2D eigenvalue weighted by Crippen LogP contribution is 2.49. The van der Waals surface area contributed by atoms with Gasteiger partial charge in [0.1, 0.15) is 0 Å². The van der Waals surface area contributed by atoms with Gasteiger partial charge in [-0.05, 0) is 79.2 Å². The van der Waals surface area contributed by atoms with Crippen LogP contribution in [0.2, 0.25) is 0 Å². The van der Waals surface area contributed by atoms with E-state index in [1.807, 2.05) is 29.5 Å². The highest BCUT2D eigenvalue weighted by atomic mass is 32.1. The molecule has 13 aromatic rings. The van der Waals surface area contributed by atoms with Gasteiger partial charge in [0, 0.05) is 62.4 Å². The largest absolute Gasteiger partial charge is 0.208 e. The van der Waals surface area contributed by atoms with Crippen LogP contribution in [0.25, 0.3) is 129 Å². The highest BCUT2D eigenvalue weighted by molar-refractivity contribution is 7.27. The van der Waals surface area contributed by atoms with Crippen LogP contribution >= 0.6 is 22.7 Å². The molecule has 0 fully saturated rings. The van der Waals surface area contributed by atoms with Gasteiger partial charge in [-0.1, -0.05) is 158 Å². The lowest BCUT2D eigenvalue weighted by Crippen LogP contribution is -2.01. The number of aromatic nitrogens is 3. The summed E-state index contributed by atoms with van der Waals surface area (Å²) in [6, 6.07) is 67.9. The molecule has 10 aromatic carbocycles. The van der Waals surface area contributed by atoms with Crippen molar-refractivity contribution in [3.63, 3.8) is 0 Å². The quantitative estimate of drug-likeness (QED) is 0.167. The first-order chi connectivity index (χ1) is 29.7. The molecule has 0 N–H and O–H groups in total. The van der Waals surface area contributed by atoms with Crippen LogP contribution in [0.15, 0.2) is 188 Å². The Balaban J connectivity index is 1.09. The molecule has 0 saturated heterocycles. The molecule has 5 heteroatoms. The summed E-state index contributed by atoms with van der Waals surface area (Å²) in [5, 5.41) is 14.9. The van der Waals surface area contributed by atoms with Crippen molar-refractivity contribution in [2.75, 3.05) is 0 Å². The van der Waals surface area contributed by atoms with Crippen LogP contribution in [-0.4, -0.2) is 15.0 Å². The lowest BCUT2D eigenvalue weighted by molar-refractivity contribution is 1.08. The average Bonchev–Trinajstić information content (AvgIpc) is 3.88. The third kappa shape index (κ3) is 5.10. The topological polar surface area (TPSA) is 38.7 Å². The van der Waals surface area contributed by atoms with Gasteiger partial charge in [-0.15, -0.1) is 22.7 Å². The summed E-state index contributed by atoms with van der Waals surface area (Å²) in [6.45, 7) is 0. The van der Waals surface area contributed by atoms with Gasteiger partial charge in [-0.2, -0.15) is 0 Å². The van der Waals surface area contributed by atoms with Crippen molar-refractivity contribution in [2.24, 2.45) is 0 Å². The summed E-state index contributed by atoms with van der Waals surface area (Å²) in [7, 11) is 0. The van der Waals surface area contributed by atoms with E-state index in [0.29, 0.717) is 17.5 Å². The average molecular weight is 798 g/mol. The molecule has 0 aliphatic rings. The Kier molecular flexibility index (Phi) is 7.35. The van der Waals surface area contributed by atoms with Gasteiger partial charge < -0.3 is 0 Å². The maximum Gasteiger partial charge on any atom is 0.164 e. The molecule has 0 aliphatic heterocycles. The normalized spacial score (nSPS) is 12.0. The van der Waals surface area contributed by atoms with Crippen molar-refractivity contribution in [1.82, 2.24) is 15.0 Å². The van der Waals surface area contributed by atoms with E-state index in [4.69, 9.17) is 15.0 Å². The zero-order valence-corrected chi connectivity index (χ0v) is 33.7. The number of hydrogen-bond acceptors (Lipinski definition) is 5. The van der Waals surface area contributed by atoms with Crippen molar-refractivity contribution in [3.8, 4) is 45.3 Å². The predicted octanol–water partition coefficient (Wildman–Crippen LogP) is 15.9. The van der Waals surface area contributed by atoms with E-state index in [1.165, 1.54) is 83.8 Å². The zero-order valence-electron chi connectivity index (χ0n) is 32.1. The van der Waals surface area contributed by atoms with Gasteiger partial charge in [0.2, 0.25) is 0 Å². The number of rotatable bonds is 4. The Bertz CT molecular complexity index is 3900. The zero-order chi connectivity index (χ0) is 39.3. The predicted molar refractivity (Wildman–Crippen MR) is 257 cm³/mol. The molecule has 0 spiro atoms. The Morgan fingerprint density at radius 2 is 0.883 bits per heavy atom. The van der Waals surface area contributed by atoms with Gasteiger partial charge in [-0.25, -0.2) is 15.0 Å². The van der Waals surface area contributed by atoms with Crippen molar-refractivity contribution < 1.29 is 0 Å². The molecule has 13 rings (SSSR count). The minimum atomic E-state index is 0.653. The number of hydrogen-bond donors (Lipinski definition) is 0. The number of benzene rings is 10. The third-order valence-corrected chi connectivity index (χ3v) is 14.4. The second-order valence-corrected chi connectivity index (χ2v) is 17.6. The molecule has 0 aliphatic carbocycles. The van der Waals surface area contributed by atoms with Gasteiger partial charge in [0.15, 0.2) is 17.5 Å². The highest BCUT2D eigenvalue weighted by Gasteiger charge is 2.21. The molecule has 60 heavy (non-hydrogen) atoms. The van der Waals surface area contributed by atoms with Gasteiger partial charge in [0.05, 0.1) is 0 Å². The van der Waals surface area contributed by atoms with E-state index in [0.717, 1.165) is 27.5 Å². The van der Waals surface area contributed by atoms with Crippen molar-refractivity contribution in [1.29, 1.82) is 0 Å². The van der Waals surface area contributed by atoms with E-state index in [1.54, 1.807) is 11.3 Å². The van der Waals surface area contributed by atoms with E-state index in [-0.39, 0.29) is 0 Å². The molecule has 0 saturated carbocycles. The van der Waals surface area contributed by atoms with E-state index >= 15 is 0 Å². The summed E-state index contributed by atoms with van der Waals surface area (Å²) in [6.07, 6.45) is 0. The molecular weight excluding hydrogens is 767 g/mol. The molecule has 278 valence electrons. The number of fused-ring (bicyclic) bond motifs is 12. The molecule has 0 radical (unpaired) electrons. The van der Waals surface area contributed by atoms with E-state index in [2.05, 4.69) is 170 Å². The molecule has 0 amide bonds. The van der Waals surface area contributed by atoms with Crippen LogP contribution in [0.3, 0.4) is 0 Å². The molecule has 3 aromatic heterocycles. The molecule has 3 nitrogen and oxygen atoms in total. The fourth-order valence-corrected chi connectivity index (χ4v) is 11.8. The first-order valence-electron chi connectivity index (χ1n) is 20.2. The van der Waals surface area contributed by atoms with Crippen LogP contribution in [0.4, 0.5) is 0 Å². The summed E-state index contributed by atoms with van der Waals surface area (Å²) in [5.41, 5.74) is 5.36. The first kappa shape index (κ1) is 33.6. The van der Waals surface area contributed by atoms with Crippen LogP contribution in [0.1, 0.15) is 0 Å². The smallest absolute Gasteiger partial charge is 0.164 e. The number of nitrogens with zero attached hydrogens (tertiary/aromatic N) is 3. The number of thiophene rings is 2. The summed E-state index contributed by atoms with van der Waals surface area (Å²) < 4.78 is 5.09. The van der Waals surface area contributed by atoms with Crippen molar-refractivity contribution in [2.45, 2.75) is 0 Å². The Morgan fingerprint density at radius 1 is 0.283 bits per heavy atom. The molecule has 0 bridgehead atoms. The van der Waals surface area contributed by atoms with Gasteiger partial charge in [-0.3, -0.25) is 0 Å². The summed E-state index contributed by atoms with van der Waals surface area (Å²) in [5.74, 6) is 1.98. The van der Waals surface area contributed by atoms with Gasteiger partial charge in [0.25, 0.3) is 0 Å². The minimum Gasteiger partial charge on any atom is -0.208 e. The summed E-state index contributed by atoms with van der Waals surface area (Å²) >= 11 is 3.72. The van der Waals surface area contributed by atoms with Crippen LogP contribution in [0, 0.1) is 0 Å². The van der Waals surface area contributed by atoms with Gasteiger partial charge >= 0.3 is 0 Å². The SMILES string of the molecule is c1ccc(-c2nc(-c3cccc4c(-c5cc6ccc7ccccc7c6c6sc7cc8ccccc8cc7c56)cccc34)nc(-c3cccc4sc5ccccc5c34)n2)cc1.